The summed E-state index contributed by atoms with van der Waals surface area (Å²) in [6.07, 6.45) is 1.20. The summed E-state index contributed by atoms with van der Waals surface area (Å²) >= 11 is 1.00. The van der Waals surface area contributed by atoms with Crippen LogP contribution < -0.4 is 15.1 Å². The third kappa shape index (κ3) is 6.75. The molecule has 0 atom stereocenters. The first-order chi connectivity index (χ1) is 22.5. The number of alkyl halides is 3. The van der Waals surface area contributed by atoms with Crippen molar-refractivity contribution in [3.63, 3.8) is 0 Å². The summed E-state index contributed by atoms with van der Waals surface area (Å²) in [5, 5.41) is 6.54. The normalized spacial score (nSPS) is 14.7. The smallest absolute Gasteiger partial charge is 0.375 e. The summed E-state index contributed by atoms with van der Waals surface area (Å²) in [6, 6.07) is 9.35. The van der Waals surface area contributed by atoms with Gasteiger partial charge in [0, 0.05) is 19.7 Å². The van der Waals surface area contributed by atoms with Crippen molar-refractivity contribution >= 4 is 55.8 Å². The molecule has 0 unspecified atom stereocenters. The molecule has 0 radical (unpaired) electrons. The Kier molecular flexibility index (Phi) is 9.33. The number of nitrogens with zero attached hydrogens (tertiary/aromatic N) is 6. The molecule has 1 saturated heterocycles. The quantitative estimate of drug-likeness (QED) is 0.220. The Morgan fingerprint density at radius 2 is 1.73 bits per heavy atom. The van der Waals surface area contributed by atoms with E-state index in [9.17, 15) is 35.6 Å². The van der Waals surface area contributed by atoms with Crippen molar-refractivity contribution in [1.29, 1.82) is 0 Å². The van der Waals surface area contributed by atoms with E-state index >= 15 is 4.39 Å². The van der Waals surface area contributed by atoms with Crippen molar-refractivity contribution < 1.29 is 40.0 Å². The first kappa shape index (κ1) is 34.5. The van der Waals surface area contributed by atoms with Crippen molar-refractivity contribution in [1.82, 2.24) is 14.8 Å². The number of aliphatic imine (C=N–C) groups is 1. The second-order valence-corrected chi connectivity index (χ2v) is 13.8. The zero-order valence-corrected chi connectivity index (χ0v) is 27.2. The minimum Gasteiger partial charge on any atom is -0.375 e. The number of rotatable bonds is 7. The van der Waals surface area contributed by atoms with Crippen LogP contribution in [-0.2, 0) is 14.6 Å². The molecular formula is C30H26F5N7O4S2. The number of thioether (sulfide) groups is 1. The zero-order valence-electron chi connectivity index (χ0n) is 25.6. The maximum Gasteiger partial charge on any atom is 0.501 e. The van der Waals surface area contributed by atoms with E-state index < -0.39 is 37.9 Å². The average molecular weight is 708 g/mol. The maximum absolute atomic E-state index is 15.1. The first-order valence-corrected chi connectivity index (χ1v) is 16.4. The van der Waals surface area contributed by atoms with Crippen LogP contribution in [0.15, 0.2) is 70.8 Å². The molecule has 252 valence electrons. The number of halogens is 5. The molecule has 48 heavy (non-hydrogen) atoms. The Hall–Kier alpha value is -4.84. The van der Waals surface area contributed by atoms with Gasteiger partial charge in [0.15, 0.2) is 11.0 Å². The summed E-state index contributed by atoms with van der Waals surface area (Å²) in [5.41, 5.74) is -4.18. The SMILES string of the molecule is CC(C)c1cc(F)c(N(C)C)cc1N1C(=O)CSC1=NC(=O)Nc1ccc(-c2ncn(-c3ccc(S(=O)(=O)C(F)(F)F)cc3)n2)cc1F. The largest absolute Gasteiger partial charge is 0.501 e. The summed E-state index contributed by atoms with van der Waals surface area (Å²) in [6.45, 7) is 3.68. The van der Waals surface area contributed by atoms with Gasteiger partial charge in [-0.25, -0.2) is 31.7 Å². The zero-order chi connectivity index (χ0) is 35.1. The number of amidine groups is 1. The van der Waals surface area contributed by atoms with Crippen LogP contribution in [0.25, 0.3) is 17.1 Å². The highest BCUT2D eigenvalue weighted by Crippen LogP contribution is 2.38. The summed E-state index contributed by atoms with van der Waals surface area (Å²) in [4.78, 5) is 35.8. The fraction of sp³-hybridized carbons (Fsp3) is 0.233. The van der Waals surface area contributed by atoms with Crippen molar-refractivity contribution in [2.45, 2.75) is 30.2 Å². The Morgan fingerprint density at radius 1 is 1.04 bits per heavy atom. The molecular weight excluding hydrogens is 681 g/mol. The fourth-order valence-corrected chi connectivity index (χ4v) is 6.28. The Labute approximate surface area is 275 Å². The Bertz CT molecular complexity index is 2050. The second kappa shape index (κ2) is 13.0. The van der Waals surface area contributed by atoms with Gasteiger partial charge in [0.05, 0.1) is 33.4 Å². The molecule has 4 aromatic rings. The summed E-state index contributed by atoms with van der Waals surface area (Å²) in [5.74, 6) is -1.88. The van der Waals surface area contributed by atoms with Crippen LogP contribution in [0.3, 0.4) is 0 Å². The number of carbonyl (C=O) groups is 2. The van der Waals surface area contributed by atoms with E-state index in [1.54, 1.807) is 19.0 Å². The van der Waals surface area contributed by atoms with Gasteiger partial charge in [-0.2, -0.15) is 18.2 Å². The summed E-state index contributed by atoms with van der Waals surface area (Å²) < 4.78 is 92.7. The van der Waals surface area contributed by atoms with Gasteiger partial charge in [-0.1, -0.05) is 25.6 Å². The van der Waals surface area contributed by atoms with Crippen LogP contribution in [0.2, 0.25) is 0 Å². The molecule has 18 heteroatoms. The lowest BCUT2D eigenvalue weighted by Crippen LogP contribution is -2.31. The maximum atomic E-state index is 15.1. The number of sulfone groups is 1. The van der Waals surface area contributed by atoms with Gasteiger partial charge in [0.25, 0.3) is 9.84 Å². The van der Waals surface area contributed by atoms with Gasteiger partial charge in [-0.15, -0.1) is 5.10 Å². The monoisotopic (exact) mass is 707 g/mol. The number of hydrogen-bond acceptors (Lipinski definition) is 8. The predicted molar refractivity (Wildman–Crippen MR) is 171 cm³/mol. The van der Waals surface area contributed by atoms with Gasteiger partial charge in [-0.3, -0.25) is 9.69 Å². The molecule has 0 aliphatic carbocycles. The molecule has 11 nitrogen and oxygen atoms in total. The van der Waals surface area contributed by atoms with E-state index in [0.29, 0.717) is 11.3 Å². The van der Waals surface area contributed by atoms with E-state index in [1.807, 2.05) is 13.8 Å². The minimum atomic E-state index is -5.52. The number of aromatic nitrogens is 3. The molecule has 1 aliphatic heterocycles. The van der Waals surface area contributed by atoms with Crippen LogP contribution in [0.1, 0.15) is 25.3 Å². The van der Waals surface area contributed by atoms with E-state index in [1.165, 1.54) is 35.5 Å². The van der Waals surface area contributed by atoms with Crippen LogP contribution in [-0.4, -0.2) is 65.6 Å². The highest BCUT2D eigenvalue weighted by molar-refractivity contribution is 8.15. The van der Waals surface area contributed by atoms with Crippen molar-refractivity contribution in [2.75, 3.05) is 35.0 Å². The standard InChI is InChI=1S/C30H26F5N7O4S2/c1-16(2)20-12-22(32)25(40(3)4)13-24(20)42-26(43)14-47-29(42)38-28(44)37-23-10-5-17(11-21(23)31)27-36-15-41(39-27)18-6-8-19(9-7-18)48(45,46)30(33,34)35/h5-13,15-16H,14H2,1-4H3,(H,37,44). The van der Waals surface area contributed by atoms with E-state index in [4.69, 9.17) is 0 Å². The molecule has 1 aromatic heterocycles. The molecule has 3 amide bonds. The van der Waals surface area contributed by atoms with Crippen molar-refractivity contribution in [3.05, 3.63) is 78.1 Å². The highest BCUT2D eigenvalue weighted by Gasteiger charge is 2.46. The average Bonchev–Trinajstić information content (AvgIpc) is 3.64. The Morgan fingerprint density at radius 3 is 2.33 bits per heavy atom. The molecule has 0 spiro atoms. The number of urea groups is 1. The van der Waals surface area contributed by atoms with Gasteiger partial charge in [0.1, 0.15) is 18.0 Å². The second-order valence-electron chi connectivity index (χ2n) is 10.9. The third-order valence-corrected chi connectivity index (χ3v) is 9.51. The molecule has 5 rings (SSSR count). The summed E-state index contributed by atoms with van der Waals surface area (Å²) in [7, 11) is -2.22. The van der Waals surface area contributed by atoms with Gasteiger partial charge in [0.2, 0.25) is 5.91 Å². The van der Waals surface area contributed by atoms with Crippen molar-refractivity contribution in [2.24, 2.45) is 4.99 Å². The van der Waals surface area contributed by atoms with E-state index in [2.05, 4.69) is 20.4 Å². The number of carbonyl (C=O) groups excluding carboxylic acids is 2. The van der Waals surface area contributed by atoms with Gasteiger partial charge < -0.3 is 10.2 Å². The minimum absolute atomic E-state index is 0.0160. The lowest BCUT2D eigenvalue weighted by Gasteiger charge is -2.24. The highest BCUT2D eigenvalue weighted by atomic mass is 32.2. The molecule has 1 fully saturated rings. The number of nitrogens with one attached hydrogen (secondary N) is 1. The fourth-order valence-electron chi connectivity index (χ4n) is 4.66. The van der Waals surface area contributed by atoms with Crippen molar-refractivity contribution in [3.8, 4) is 17.1 Å². The molecule has 1 N–H and O–H groups in total. The molecule has 0 saturated carbocycles. The van der Waals surface area contributed by atoms with Crippen LogP contribution in [0.5, 0.6) is 0 Å². The molecule has 2 heterocycles. The Balaban J connectivity index is 1.34. The van der Waals surface area contributed by atoms with Crippen LogP contribution >= 0.6 is 11.8 Å². The van der Waals surface area contributed by atoms with Gasteiger partial charge in [-0.05, 0) is 66.1 Å². The number of hydrogen-bond donors (Lipinski definition) is 1. The van der Waals surface area contributed by atoms with E-state index in [0.717, 1.165) is 46.8 Å². The topological polar surface area (TPSA) is 130 Å². The predicted octanol–water partition coefficient (Wildman–Crippen LogP) is 6.36. The van der Waals surface area contributed by atoms with Crippen LogP contribution in [0.4, 0.5) is 43.8 Å². The van der Waals surface area contributed by atoms with Gasteiger partial charge >= 0.3 is 11.5 Å². The number of benzene rings is 3. The first-order valence-electron chi connectivity index (χ1n) is 14.0. The third-order valence-electron chi connectivity index (χ3n) is 7.08. The number of amides is 3. The van der Waals surface area contributed by atoms with Crippen LogP contribution in [0, 0.1) is 11.6 Å². The number of anilines is 3. The lowest BCUT2D eigenvalue weighted by atomic mass is 9.99. The molecule has 3 aromatic carbocycles. The molecule has 1 aliphatic rings. The lowest BCUT2D eigenvalue weighted by molar-refractivity contribution is -0.115. The molecule has 0 bridgehead atoms. The van der Waals surface area contributed by atoms with E-state index in [-0.39, 0.29) is 51.2 Å².